The van der Waals surface area contributed by atoms with Gasteiger partial charge in [0.1, 0.15) is 11.5 Å². The van der Waals surface area contributed by atoms with E-state index in [9.17, 15) is 9.59 Å². The number of anilines is 2. The van der Waals surface area contributed by atoms with Gasteiger partial charge < -0.3 is 19.7 Å². The van der Waals surface area contributed by atoms with Gasteiger partial charge in [0.25, 0.3) is 5.91 Å². The van der Waals surface area contributed by atoms with Crippen LogP contribution in [-0.2, 0) is 4.79 Å². The van der Waals surface area contributed by atoms with E-state index in [1.165, 1.54) is 14.2 Å². The van der Waals surface area contributed by atoms with Gasteiger partial charge in [-0.3, -0.25) is 9.59 Å². The number of ether oxygens (including phenoxy) is 2. The largest absolute Gasteiger partial charge is 0.497 e. The van der Waals surface area contributed by atoms with Crippen LogP contribution in [0.1, 0.15) is 23.2 Å². The predicted molar refractivity (Wildman–Crippen MR) is 108 cm³/mol. The molecule has 0 saturated carbocycles. The van der Waals surface area contributed by atoms with Crippen molar-refractivity contribution in [1.82, 2.24) is 0 Å². The Labute approximate surface area is 170 Å². The second-order valence-electron chi connectivity index (χ2n) is 5.96. The molecule has 8 heteroatoms. The van der Waals surface area contributed by atoms with Crippen molar-refractivity contribution in [1.29, 1.82) is 0 Å². The Hall–Kier alpha value is -2.25. The van der Waals surface area contributed by atoms with Crippen molar-refractivity contribution in [3.8, 4) is 11.5 Å². The van der Waals surface area contributed by atoms with E-state index >= 15 is 0 Å². The van der Waals surface area contributed by atoms with Crippen molar-refractivity contribution in [3.05, 3.63) is 45.4 Å². The minimum Gasteiger partial charge on any atom is -0.497 e. The lowest BCUT2D eigenvalue weighted by atomic mass is 10.1. The molecule has 1 fully saturated rings. The quantitative estimate of drug-likeness (QED) is 0.724. The number of hydrogen-bond acceptors (Lipinski definition) is 4. The topological polar surface area (TPSA) is 67.9 Å². The van der Waals surface area contributed by atoms with E-state index in [0.29, 0.717) is 50.9 Å². The highest BCUT2D eigenvalue weighted by atomic mass is 79.9. The van der Waals surface area contributed by atoms with E-state index in [1.54, 1.807) is 35.2 Å². The van der Waals surface area contributed by atoms with Crippen LogP contribution in [0.15, 0.2) is 34.8 Å². The molecule has 0 bridgehead atoms. The molecular formula is C19H18BrClN2O4. The van der Waals surface area contributed by atoms with Crippen molar-refractivity contribution in [2.75, 3.05) is 31.0 Å². The molecule has 1 saturated heterocycles. The summed E-state index contributed by atoms with van der Waals surface area (Å²) < 4.78 is 11.1. The molecule has 0 spiro atoms. The Morgan fingerprint density at radius 1 is 1.22 bits per heavy atom. The highest BCUT2D eigenvalue weighted by Crippen LogP contribution is 2.35. The van der Waals surface area contributed by atoms with Crippen LogP contribution in [-0.4, -0.2) is 32.6 Å². The van der Waals surface area contributed by atoms with Crippen LogP contribution in [0.5, 0.6) is 11.5 Å². The number of hydrogen-bond donors (Lipinski definition) is 1. The molecule has 1 heterocycles. The summed E-state index contributed by atoms with van der Waals surface area (Å²) in [7, 11) is 3.01. The molecule has 0 aromatic heterocycles. The van der Waals surface area contributed by atoms with Crippen molar-refractivity contribution in [3.63, 3.8) is 0 Å². The first-order valence-corrected chi connectivity index (χ1v) is 9.44. The zero-order valence-electron chi connectivity index (χ0n) is 14.8. The first-order chi connectivity index (χ1) is 12.9. The summed E-state index contributed by atoms with van der Waals surface area (Å²) >= 11 is 9.71. The summed E-state index contributed by atoms with van der Waals surface area (Å²) in [5.41, 5.74) is 1.49. The fourth-order valence-corrected chi connectivity index (χ4v) is 3.85. The number of carbonyl (C=O) groups excluding carboxylic acids is 2. The molecule has 0 radical (unpaired) electrons. The van der Waals surface area contributed by atoms with Gasteiger partial charge >= 0.3 is 0 Å². The third-order valence-corrected chi connectivity index (χ3v) is 5.16. The summed E-state index contributed by atoms with van der Waals surface area (Å²) in [6, 6.07) is 8.39. The third-order valence-electron chi connectivity index (χ3n) is 4.27. The Morgan fingerprint density at radius 2 is 2.00 bits per heavy atom. The first-order valence-electron chi connectivity index (χ1n) is 8.27. The van der Waals surface area contributed by atoms with Gasteiger partial charge in [0.2, 0.25) is 5.91 Å². The highest BCUT2D eigenvalue weighted by Gasteiger charge is 2.24. The molecule has 27 heavy (non-hydrogen) atoms. The number of methoxy groups -OCH3 is 2. The van der Waals surface area contributed by atoms with E-state index in [4.69, 9.17) is 21.1 Å². The van der Waals surface area contributed by atoms with Crippen molar-refractivity contribution in [2.45, 2.75) is 12.8 Å². The number of halogens is 2. The normalized spacial score (nSPS) is 13.6. The van der Waals surface area contributed by atoms with E-state index in [1.807, 2.05) is 0 Å². The number of nitrogens with zero attached hydrogens (tertiary/aromatic N) is 1. The van der Waals surface area contributed by atoms with E-state index in [2.05, 4.69) is 21.2 Å². The summed E-state index contributed by atoms with van der Waals surface area (Å²) in [5.74, 6) is 0.611. The second-order valence-corrected chi connectivity index (χ2v) is 7.22. The van der Waals surface area contributed by atoms with Gasteiger partial charge in [-0.1, -0.05) is 11.6 Å². The third kappa shape index (κ3) is 4.04. The zero-order chi connectivity index (χ0) is 19.6. The SMILES string of the molecule is COc1cc(Br)c(OC)c(C(=O)Nc2ccc(N3CCCC3=O)c(Cl)c2)c1. The van der Waals surface area contributed by atoms with Crippen LogP contribution < -0.4 is 19.7 Å². The Morgan fingerprint density at radius 3 is 2.59 bits per heavy atom. The van der Waals surface area contributed by atoms with Crippen LogP contribution in [0.2, 0.25) is 5.02 Å². The summed E-state index contributed by atoms with van der Waals surface area (Å²) in [4.78, 5) is 26.3. The number of rotatable bonds is 5. The highest BCUT2D eigenvalue weighted by molar-refractivity contribution is 9.10. The molecular weight excluding hydrogens is 436 g/mol. The van der Waals surface area contributed by atoms with Crippen LogP contribution in [0.25, 0.3) is 0 Å². The molecule has 142 valence electrons. The molecule has 0 aliphatic carbocycles. The number of benzene rings is 2. The van der Waals surface area contributed by atoms with Gasteiger partial charge in [0, 0.05) is 18.7 Å². The van der Waals surface area contributed by atoms with Crippen molar-refractivity contribution >= 4 is 50.7 Å². The molecule has 1 aliphatic heterocycles. The summed E-state index contributed by atoms with van der Waals surface area (Å²) in [6.45, 7) is 0.652. The fraction of sp³-hybridized carbons (Fsp3) is 0.263. The average molecular weight is 454 g/mol. The molecule has 1 N–H and O–H groups in total. The number of amides is 2. The first kappa shape index (κ1) is 19.5. The van der Waals surface area contributed by atoms with Crippen molar-refractivity contribution in [2.24, 2.45) is 0 Å². The molecule has 2 amide bonds. The predicted octanol–water partition coefficient (Wildman–Crippen LogP) is 4.50. The zero-order valence-corrected chi connectivity index (χ0v) is 17.2. The molecule has 0 unspecified atom stereocenters. The molecule has 0 atom stereocenters. The Kier molecular flexibility index (Phi) is 5.92. The summed E-state index contributed by atoms with van der Waals surface area (Å²) in [6.07, 6.45) is 1.34. The molecule has 2 aromatic rings. The summed E-state index contributed by atoms with van der Waals surface area (Å²) in [5, 5.41) is 3.20. The molecule has 3 rings (SSSR count). The van der Waals surface area contributed by atoms with Gasteiger partial charge in [-0.2, -0.15) is 0 Å². The van der Waals surface area contributed by atoms with Crippen LogP contribution in [0, 0.1) is 0 Å². The molecule has 2 aromatic carbocycles. The van der Waals surface area contributed by atoms with Gasteiger partial charge in [0.05, 0.1) is 35.0 Å². The lowest BCUT2D eigenvalue weighted by Crippen LogP contribution is -2.24. The lowest BCUT2D eigenvalue weighted by Gasteiger charge is -2.18. The monoisotopic (exact) mass is 452 g/mol. The maximum Gasteiger partial charge on any atom is 0.259 e. The van der Waals surface area contributed by atoms with Crippen LogP contribution in [0.3, 0.4) is 0 Å². The van der Waals surface area contributed by atoms with E-state index in [0.717, 1.165) is 6.42 Å². The van der Waals surface area contributed by atoms with E-state index in [-0.39, 0.29) is 11.8 Å². The smallest absolute Gasteiger partial charge is 0.259 e. The van der Waals surface area contributed by atoms with Gasteiger partial charge in [0.15, 0.2) is 0 Å². The number of nitrogens with one attached hydrogen (secondary N) is 1. The lowest BCUT2D eigenvalue weighted by molar-refractivity contribution is -0.117. The van der Waals surface area contributed by atoms with Gasteiger partial charge in [-0.25, -0.2) is 0 Å². The fourth-order valence-electron chi connectivity index (χ4n) is 2.97. The number of carbonyl (C=O) groups is 2. The minimum absolute atomic E-state index is 0.0552. The standard InChI is InChI=1S/C19H18BrClN2O4/c1-26-12-9-13(18(27-2)14(20)10-12)19(25)22-11-5-6-16(15(21)8-11)23-7-3-4-17(23)24/h5-6,8-10H,3-4,7H2,1-2H3,(H,22,25). The van der Waals surface area contributed by atoms with E-state index < -0.39 is 0 Å². The van der Waals surface area contributed by atoms with Gasteiger partial charge in [-0.05, 0) is 52.7 Å². The second kappa shape index (κ2) is 8.19. The van der Waals surface area contributed by atoms with Crippen molar-refractivity contribution < 1.29 is 19.1 Å². The molecule has 1 aliphatic rings. The van der Waals surface area contributed by atoms with Crippen LogP contribution in [0.4, 0.5) is 11.4 Å². The average Bonchev–Trinajstić information content (AvgIpc) is 3.06. The Balaban J connectivity index is 1.85. The minimum atomic E-state index is -0.368. The Bertz CT molecular complexity index is 904. The maximum absolute atomic E-state index is 12.7. The van der Waals surface area contributed by atoms with Crippen LogP contribution >= 0.6 is 27.5 Å². The van der Waals surface area contributed by atoms with Gasteiger partial charge in [-0.15, -0.1) is 0 Å². The molecule has 6 nitrogen and oxygen atoms in total. The maximum atomic E-state index is 12.7.